The fraction of sp³-hybridized carbons (Fsp3) is 0.370. The summed E-state index contributed by atoms with van der Waals surface area (Å²) in [7, 11) is 1.64. The zero-order valence-electron chi connectivity index (χ0n) is 20.0. The van der Waals surface area contributed by atoms with E-state index in [1.807, 2.05) is 67.3 Å². The Kier molecular flexibility index (Phi) is 7.68. The third-order valence-electron chi connectivity index (χ3n) is 6.15. The van der Waals surface area contributed by atoms with Gasteiger partial charge in [-0.3, -0.25) is 4.79 Å². The van der Waals surface area contributed by atoms with Crippen molar-refractivity contribution < 1.29 is 9.53 Å². The summed E-state index contributed by atoms with van der Waals surface area (Å²) in [6, 6.07) is 15.3. The molecule has 1 saturated heterocycles. The Hall–Kier alpha value is -3.12. The highest BCUT2D eigenvalue weighted by Gasteiger charge is 2.26. The third kappa shape index (κ3) is 5.33. The van der Waals surface area contributed by atoms with Crippen LogP contribution in [-0.4, -0.2) is 47.0 Å². The Morgan fingerprint density at radius 1 is 1.12 bits per heavy atom. The largest absolute Gasteiger partial charge is 0.497 e. The van der Waals surface area contributed by atoms with Crippen molar-refractivity contribution in [2.24, 2.45) is 0 Å². The molecule has 6 nitrogen and oxygen atoms in total. The summed E-state index contributed by atoms with van der Waals surface area (Å²) < 4.78 is 5.36. The van der Waals surface area contributed by atoms with Crippen molar-refractivity contribution in [1.29, 1.82) is 0 Å². The highest BCUT2D eigenvalue weighted by Crippen LogP contribution is 2.31. The number of amides is 1. The number of anilines is 1. The molecule has 0 saturated carbocycles. The van der Waals surface area contributed by atoms with Gasteiger partial charge in [-0.05, 0) is 56.9 Å². The smallest absolute Gasteiger partial charge is 0.258 e. The number of nitrogens with zero attached hydrogens (tertiary/aromatic N) is 4. The summed E-state index contributed by atoms with van der Waals surface area (Å²) in [5.41, 5.74) is 2.75. The SMILES string of the molecule is COc1cccc(CN(C(=O)c2cnc(N3CCCCC3)nc2-c2ccccc2Cl)C(C)C)c1. The molecule has 0 N–H and O–H groups in total. The number of carbonyl (C=O) groups excluding carboxylic acids is 1. The minimum atomic E-state index is -0.127. The zero-order valence-corrected chi connectivity index (χ0v) is 20.8. The minimum absolute atomic E-state index is 0.0282. The van der Waals surface area contributed by atoms with Gasteiger partial charge in [0.05, 0.1) is 18.4 Å². The highest BCUT2D eigenvalue weighted by atomic mass is 35.5. The van der Waals surface area contributed by atoms with E-state index in [1.54, 1.807) is 13.3 Å². The molecule has 0 spiro atoms. The molecular formula is C27H31ClN4O2. The topological polar surface area (TPSA) is 58.6 Å². The second kappa shape index (κ2) is 10.9. The van der Waals surface area contributed by atoms with Gasteiger partial charge in [-0.2, -0.15) is 0 Å². The average Bonchev–Trinajstić information content (AvgIpc) is 2.87. The zero-order chi connectivity index (χ0) is 24.1. The van der Waals surface area contributed by atoms with Crippen LogP contribution in [0.1, 0.15) is 49.0 Å². The molecule has 4 rings (SSSR count). The van der Waals surface area contributed by atoms with Crippen LogP contribution in [0.5, 0.6) is 5.75 Å². The van der Waals surface area contributed by atoms with Gasteiger partial charge in [0.25, 0.3) is 5.91 Å². The van der Waals surface area contributed by atoms with Crippen molar-refractivity contribution >= 4 is 23.5 Å². The Labute approximate surface area is 206 Å². The van der Waals surface area contributed by atoms with E-state index in [9.17, 15) is 4.79 Å². The first-order valence-corrected chi connectivity index (χ1v) is 12.2. The number of aromatic nitrogens is 2. The molecule has 0 aliphatic carbocycles. The molecule has 1 fully saturated rings. The summed E-state index contributed by atoms with van der Waals surface area (Å²) in [5.74, 6) is 1.28. The molecule has 0 bridgehead atoms. The molecule has 0 unspecified atom stereocenters. The normalized spacial score (nSPS) is 13.7. The van der Waals surface area contributed by atoms with E-state index in [1.165, 1.54) is 6.42 Å². The number of methoxy groups -OCH3 is 1. The maximum atomic E-state index is 13.9. The van der Waals surface area contributed by atoms with Crippen molar-refractivity contribution in [3.05, 3.63) is 70.9 Å². The lowest BCUT2D eigenvalue weighted by atomic mass is 10.0. The first-order valence-electron chi connectivity index (χ1n) is 11.8. The van der Waals surface area contributed by atoms with Crippen LogP contribution in [0.4, 0.5) is 5.95 Å². The third-order valence-corrected chi connectivity index (χ3v) is 6.48. The molecule has 34 heavy (non-hydrogen) atoms. The highest BCUT2D eigenvalue weighted by molar-refractivity contribution is 6.33. The van der Waals surface area contributed by atoms with Crippen LogP contribution in [0.25, 0.3) is 11.3 Å². The number of rotatable bonds is 7. The van der Waals surface area contributed by atoms with Crippen LogP contribution >= 0.6 is 11.6 Å². The van der Waals surface area contributed by atoms with E-state index in [-0.39, 0.29) is 11.9 Å². The van der Waals surface area contributed by atoms with Gasteiger partial charge >= 0.3 is 0 Å². The molecular weight excluding hydrogens is 448 g/mol. The number of hydrogen-bond donors (Lipinski definition) is 0. The second-order valence-electron chi connectivity index (χ2n) is 8.84. The molecule has 3 aromatic rings. The number of halogens is 1. The molecule has 7 heteroatoms. The van der Waals surface area contributed by atoms with Crippen molar-refractivity contribution in [3.63, 3.8) is 0 Å². The molecule has 0 radical (unpaired) electrons. The van der Waals surface area contributed by atoms with Crippen LogP contribution in [-0.2, 0) is 6.54 Å². The first kappa shape index (κ1) is 24.0. The van der Waals surface area contributed by atoms with Gasteiger partial charge in [0.2, 0.25) is 5.95 Å². The number of ether oxygens (including phenoxy) is 1. The summed E-state index contributed by atoms with van der Waals surface area (Å²) in [4.78, 5) is 27.4. The van der Waals surface area contributed by atoms with Gasteiger partial charge in [0, 0.05) is 42.5 Å². The number of hydrogen-bond acceptors (Lipinski definition) is 5. The van der Waals surface area contributed by atoms with E-state index < -0.39 is 0 Å². The fourth-order valence-electron chi connectivity index (χ4n) is 4.24. The molecule has 0 atom stereocenters. The van der Waals surface area contributed by atoms with Crippen molar-refractivity contribution in [1.82, 2.24) is 14.9 Å². The molecule has 1 aliphatic rings. The van der Waals surface area contributed by atoms with Crippen LogP contribution in [0.15, 0.2) is 54.7 Å². The number of piperidine rings is 1. The van der Waals surface area contributed by atoms with Gasteiger partial charge in [-0.15, -0.1) is 0 Å². The van der Waals surface area contributed by atoms with Crippen molar-refractivity contribution in [2.45, 2.75) is 45.7 Å². The quantitative estimate of drug-likeness (QED) is 0.426. The predicted octanol–water partition coefficient (Wildman–Crippen LogP) is 5.85. The van der Waals surface area contributed by atoms with E-state index in [0.717, 1.165) is 42.8 Å². The Morgan fingerprint density at radius 2 is 1.88 bits per heavy atom. The second-order valence-corrected chi connectivity index (χ2v) is 9.25. The Balaban J connectivity index is 1.74. The molecule has 2 heterocycles. The van der Waals surface area contributed by atoms with Crippen molar-refractivity contribution in [3.8, 4) is 17.0 Å². The molecule has 1 amide bonds. The summed E-state index contributed by atoms with van der Waals surface area (Å²) >= 11 is 6.57. The van der Waals surface area contributed by atoms with Crippen LogP contribution in [0.3, 0.4) is 0 Å². The lowest BCUT2D eigenvalue weighted by Gasteiger charge is -2.29. The lowest BCUT2D eigenvalue weighted by Crippen LogP contribution is -2.37. The maximum Gasteiger partial charge on any atom is 0.258 e. The molecule has 1 aliphatic heterocycles. The minimum Gasteiger partial charge on any atom is -0.497 e. The van der Waals surface area contributed by atoms with E-state index in [0.29, 0.717) is 28.8 Å². The summed E-state index contributed by atoms with van der Waals surface area (Å²) in [5, 5.41) is 0.559. The lowest BCUT2D eigenvalue weighted by molar-refractivity contribution is 0.0690. The average molecular weight is 479 g/mol. The van der Waals surface area contributed by atoms with Gasteiger partial charge in [0.15, 0.2) is 0 Å². The first-order chi connectivity index (χ1) is 16.5. The van der Waals surface area contributed by atoms with Crippen LogP contribution in [0.2, 0.25) is 5.02 Å². The number of benzene rings is 2. The predicted molar refractivity (Wildman–Crippen MR) is 137 cm³/mol. The van der Waals surface area contributed by atoms with E-state index in [2.05, 4.69) is 9.88 Å². The van der Waals surface area contributed by atoms with Crippen molar-refractivity contribution in [2.75, 3.05) is 25.1 Å². The van der Waals surface area contributed by atoms with Crippen LogP contribution in [0, 0.1) is 0 Å². The number of carbonyl (C=O) groups is 1. The fourth-order valence-corrected chi connectivity index (χ4v) is 4.47. The maximum absolute atomic E-state index is 13.9. The van der Waals surface area contributed by atoms with Gasteiger partial charge in [0.1, 0.15) is 5.75 Å². The monoisotopic (exact) mass is 478 g/mol. The van der Waals surface area contributed by atoms with Gasteiger partial charge < -0.3 is 14.5 Å². The Morgan fingerprint density at radius 3 is 2.59 bits per heavy atom. The van der Waals surface area contributed by atoms with Crippen LogP contribution < -0.4 is 9.64 Å². The van der Waals surface area contributed by atoms with E-state index in [4.69, 9.17) is 21.3 Å². The van der Waals surface area contributed by atoms with E-state index >= 15 is 0 Å². The molecule has 1 aromatic heterocycles. The molecule has 178 valence electrons. The summed E-state index contributed by atoms with van der Waals surface area (Å²) in [6.45, 7) is 6.31. The Bertz CT molecular complexity index is 1140. The molecule has 2 aromatic carbocycles. The van der Waals surface area contributed by atoms with Gasteiger partial charge in [-0.25, -0.2) is 9.97 Å². The van der Waals surface area contributed by atoms with Gasteiger partial charge in [-0.1, -0.05) is 41.9 Å². The summed E-state index contributed by atoms with van der Waals surface area (Å²) in [6.07, 6.45) is 5.12. The standard InChI is InChI=1S/C27H31ClN4O2/c1-19(2)32(18-20-10-9-11-21(16-20)34-3)26(33)23-17-29-27(31-14-7-4-8-15-31)30-25(23)22-12-5-6-13-24(22)28/h5-6,9-13,16-17,19H,4,7-8,14-15,18H2,1-3H3.